The zero-order chi connectivity index (χ0) is 10.6. The van der Waals surface area contributed by atoms with Crippen molar-refractivity contribution in [3.8, 4) is 5.75 Å². The quantitative estimate of drug-likeness (QED) is 0.692. The van der Waals surface area contributed by atoms with Crippen molar-refractivity contribution in [3.63, 3.8) is 0 Å². The number of hydrogen-bond donors (Lipinski definition) is 2. The molecule has 78 valence electrons. The highest BCUT2D eigenvalue weighted by Crippen LogP contribution is 2.32. The van der Waals surface area contributed by atoms with Crippen molar-refractivity contribution in [3.05, 3.63) is 29.8 Å². The molecule has 0 heterocycles. The SMILES string of the molecule is NCCc1ccc(OP(=O)([O-])O)cc1. The van der Waals surface area contributed by atoms with Gasteiger partial charge in [-0.25, -0.2) is 0 Å². The third kappa shape index (κ3) is 3.89. The lowest BCUT2D eigenvalue weighted by Gasteiger charge is -2.16. The van der Waals surface area contributed by atoms with Crippen molar-refractivity contribution < 1.29 is 18.9 Å². The van der Waals surface area contributed by atoms with E-state index in [0.717, 1.165) is 5.56 Å². The van der Waals surface area contributed by atoms with Gasteiger partial charge < -0.3 is 20.0 Å². The first-order chi connectivity index (χ1) is 6.51. The maximum Gasteiger partial charge on any atom is 0.317 e. The van der Waals surface area contributed by atoms with Crippen LogP contribution in [0.25, 0.3) is 0 Å². The summed E-state index contributed by atoms with van der Waals surface area (Å²) >= 11 is 0. The average molecular weight is 216 g/mol. The summed E-state index contributed by atoms with van der Waals surface area (Å²) in [6.07, 6.45) is 0.717. The summed E-state index contributed by atoms with van der Waals surface area (Å²) in [5.41, 5.74) is 6.32. The van der Waals surface area contributed by atoms with Gasteiger partial charge in [0, 0.05) is 0 Å². The molecule has 0 bridgehead atoms. The highest BCUT2D eigenvalue weighted by Gasteiger charge is 2.03. The van der Waals surface area contributed by atoms with Crippen molar-refractivity contribution in [2.75, 3.05) is 6.54 Å². The second kappa shape index (κ2) is 4.57. The fourth-order valence-electron chi connectivity index (χ4n) is 1.02. The van der Waals surface area contributed by atoms with Crippen LogP contribution < -0.4 is 15.2 Å². The summed E-state index contributed by atoms with van der Waals surface area (Å²) in [5.74, 6) is 0.0894. The minimum atomic E-state index is -4.69. The molecular weight excluding hydrogens is 205 g/mol. The van der Waals surface area contributed by atoms with Crippen LogP contribution in [0.2, 0.25) is 0 Å². The van der Waals surface area contributed by atoms with Crippen molar-refractivity contribution in [1.82, 2.24) is 0 Å². The number of rotatable bonds is 4. The molecule has 5 nitrogen and oxygen atoms in total. The molecule has 1 unspecified atom stereocenters. The molecule has 0 aromatic heterocycles. The van der Waals surface area contributed by atoms with E-state index in [9.17, 15) is 9.46 Å². The highest BCUT2D eigenvalue weighted by atomic mass is 31.2. The minimum Gasteiger partial charge on any atom is -0.746 e. The summed E-state index contributed by atoms with van der Waals surface area (Å²) in [7, 11) is -4.69. The Morgan fingerprint density at radius 3 is 2.43 bits per heavy atom. The monoisotopic (exact) mass is 216 g/mol. The maximum absolute atomic E-state index is 10.4. The van der Waals surface area contributed by atoms with Gasteiger partial charge in [-0.3, -0.25) is 4.57 Å². The van der Waals surface area contributed by atoms with Gasteiger partial charge in [0.25, 0.3) is 0 Å². The Morgan fingerprint density at radius 1 is 1.43 bits per heavy atom. The average Bonchev–Trinajstić information content (AvgIpc) is 2.06. The maximum atomic E-state index is 10.4. The second-order valence-electron chi connectivity index (χ2n) is 2.74. The summed E-state index contributed by atoms with van der Waals surface area (Å²) in [5, 5.41) is 0. The smallest absolute Gasteiger partial charge is 0.317 e. The first-order valence-corrected chi connectivity index (χ1v) is 5.53. The highest BCUT2D eigenvalue weighted by molar-refractivity contribution is 7.45. The number of benzene rings is 1. The van der Waals surface area contributed by atoms with Gasteiger partial charge in [-0.05, 0) is 30.7 Å². The predicted octanol–water partition coefficient (Wildman–Crippen LogP) is 0.0273. The Labute approximate surface area is 81.8 Å². The summed E-state index contributed by atoms with van der Waals surface area (Å²) < 4.78 is 14.6. The van der Waals surface area contributed by atoms with Crippen LogP contribution in [0.3, 0.4) is 0 Å². The zero-order valence-corrected chi connectivity index (χ0v) is 8.31. The van der Waals surface area contributed by atoms with Crippen LogP contribution in [0.1, 0.15) is 5.56 Å². The number of hydrogen-bond acceptors (Lipinski definition) is 4. The van der Waals surface area contributed by atoms with Crippen LogP contribution in [-0.4, -0.2) is 11.4 Å². The topological polar surface area (TPSA) is 95.6 Å². The Kier molecular flexibility index (Phi) is 3.66. The molecule has 1 aromatic rings. The van der Waals surface area contributed by atoms with Crippen LogP contribution in [0.5, 0.6) is 5.75 Å². The van der Waals surface area contributed by atoms with Gasteiger partial charge >= 0.3 is 7.82 Å². The van der Waals surface area contributed by atoms with Crippen molar-refractivity contribution in [1.29, 1.82) is 0 Å². The fourth-order valence-corrected chi connectivity index (χ4v) is 1.40. The molecule has 0 radical (unpaired) electrons. The minimum absolute atomic E-state index is 0.0894. The van der Waals surface area contributed by atoms with E-state index in [4.69, 9.17) is 10.6 Å². The molecular formula is C8H11NO4P-. The van der Waals surface area contributed by atoms with Gasteiger partial charge in [0.15, 0.2) is 0 Å². The van der Waals surface area contributed by atoms with E-state index < -0.39 is 7.82 Å². The molecule has 1 aromatic carbocycles. The standard InChI is InChI=1S/C8H12NO4P/c9-6-5-7-1-3-8(4-2-7)13-14(10,11)12/h1-4H,5-6,9H2,(H2,10,11,12)/p-1. The Morgan fingerprint density at radius 2 is 2.00 bits per heavy atom. The lowest BCUT2D eigenvalue weighted by atomic mass is 10.1. The zero-order valence-electron chi connectivity index (χ0n) is 7.42. The van der Waals surface area contributed by atoms with Crippen LogP contribution in [0.15, 0.2) is 24.3 Å². The van der Waals surface area contributed by atoms with Crippen LogP contribution in [0.4, 0.5) is 0 Å². The lowest BCUT2D eigenvalue weighted by molar-refractivity contribution is -0.211. The van der Waals surface area contributed by atoms with Crippen molar-refractivity contribution in [2.45, 2.75) is 6.42 Å². The van der Waals surface area contributed by atoms with Crippen LogP contribution >= 0.6 is 7.82 Å². The number of phosphoric acid groups is 1. The molecule has 14 heavy (non-hydrogen) atoms. The Hall–Kier alpha value is -0.870. The van der Waals surface area contributed by atoms with Gasteiger partial charge in [-0.1, -0.05) is 12.1 Å². The van der Waals surface area contributed by atoms with E-state index in [1.54, 1.807) is 12.1 Å². The van der Waals surface area contributed by atoms with Crippen LogP contribution in [0, 0.1) is 0 Å². The first-order valence-electron chi connectivity index (χ1n) is 4.04. The van der Waals surface area contributed by atoms with Gasteiger partial charge in [0.1, 0.15) is 5.75 Å². The van der Waals surface area contributed by atoms with Gasteiger partial charge in [0.05, 0.1) is 0 Å². The van der Waals surface area contributed by atoms with Crippen LogP contribution in [-0.2, 0) is 11.0 Å². The molecule has 6 heteroatoms. The molecule has 3 N–H and O–H groups in total. The van der Waals surface area contributed by atoms with E-state index in [1.165, 1.54) is 12.1 Å². The fraction of sp³-hybridized carbons (Fsp3) is 0.250. The Balaban J connectivity index is 2.69. The second-order valence-corrected chi connectivity index (χ2v) is 3.86. The normalized spacial score (nSPS) is 14.8. The van der Waals surface area contributed by atoms with Crippen molar-refractivity contribution >= 4 is 7.82 Å². The first kappa shape index (κ1) is 11.2. The summed E-state index contributed by atoms with van der Waals surface area (Å²) in [6.45, 7) is 0.528. The number of nitrogens with two attached hydrogens (primary N) is 1. The van der Waals surface area contributed by atoms with Gasteiger partial charge in [0.2, 0.25) is 0 Å². The summed E-state index contributed by atoms with van der Waals surface area (Å²) in [4.78, 5) is 18.8. The summed E-state index contributed by atoms with van der Waals surface area (Å²) in [6, 6.07) is 6.31. The molecule has 0 aliphatic rings. The molecule has 0 aliphatic carbocycles. The van der Waals surface area contributed by atoms with E-state index in [0.29, 0.717) is 13.0 Å². The Bertz CT molecular complexity index is 332. The molecule has 0 saturated carbocycles. The molecule has 1 rings (SSSR count). The lowest BCUT2D eigenvalue weighted by Crippen LogP contribution is -2.06. The molecule has 0 aliphatic heterocycles. The van der Waals surface area contributed by atoms with Gasteiger partial charge in [-0.2, -0.15) is 0 Å². The molecule has 0 fully saturated rings. The van der Waals surface area contributed by atoms with E-state index >= 15 is 0 Å². The molecule has 0 spiro atoms. The molecule has 0 amide bonds. The van der Waals surface area contributed by atoms with Gasteiger partial charge in [-0.15, -0.1) is 0 Å². The largest absolute Gasteiger partial charge is 0.746 e. The third-order valence-electron chi connectivity index (χ3n) is 1.58. The van der Waals surface area contributed by atoms with E-state index in [1.807, 2.05) is 0 Å². The third-order valence-corrected chi connectivity index (χ3v) is 2.02. The number of phosphoric ester groups is 1. The predicted molar refractivity (Wildman–Crippen MR) is 49.7 cm³/mol. The van der Waals surface area contributed by atoms with Crippen molar-refractivity contribution in [2.24, 2.45) is 5.73 Å². The van der Waals surface area contributed by atoms with E-state index in [-0.39, 0.29) is 5.75 Å². The van der Waals surface area contributed by atoms with E-state index in [2.05, 4.69) is 4.52 Å². The molecule has 1 atom stereocenters. The molecule has 0 saturated heterocycles.